The van der Waals surface area contributed by atoms with Crippen LogP contribution in [0.1, 0.15) is 103 Å². The fourth-order valence-corrected chi connectivity index (χ4v) is 11.9. The van der Waals surface area contributed by atoms with Gasteiger partial charge in [-0.15, -0.1) is 0 Å². The van der Waals surface area contributed by atoms with E-state index in [0.29, 0.717) is 9.12 Å². The van der Waals surface area contributed by atoms with E-state index in [-0.39, 0.29) is 11.7 Å². The van der Waals surface area contributed by atoms with Crippen LogP contribution in [-0.2, 0) is 0 Å². The molecule has 0 saturated carbocycles. The van der Waals surface area contributed by atoms with Crippen molar-refractivity contribution in [1.29, 1.82) is 0 Å². The molecule has 150 valence electrons. The van der Waals surface area contributed by atoms with Gasteiger partial charge in [0.15, 0.2) is 0 Å². The summed E-state index contributed by atoms with van der Waals surface area (Å²) in [6.07, 6.45) is 16.3. The van der Waals surface area contributed by atoms with Crippen molar-refractivity contribution in [3.63, 3.8) is 0 Å². The molecule has 0 unspecified atom stereocenters. The van der Waals surface area contributed by atoms with Gasteiger partial charge in [0.1, 0.15) is 0 Å². The Kier molecular flexibility index (Phi) is 9.33. The molecule has 0 aliphatic carbocycles. The molecule has 0 aromatic carbocycles. The summed E-state index contributed by atoms with van der Waals surface area (Å²) in [5.41, 5.74) is 0.682. The van der Waals surface area contributed by atoms with Gasteiger partial charge in [-0.25, -0.2) is 0 Å². The summed E-state index contributed by atoms with van der Waals surface area (Å²) < 4.78 is 4.28. The van der Waals surface area contributed by atoms with Gasteiger partial charge in [-0.2, -0.15) is 0 Å². The number of fused-ring (bicyclic) bond motifs is 1. The van der Waals surface area contributed by atoms with Gasteiger partial charge in [0, 0.05) is 0 Å². The number of Topliss-reactive ketones (excluding diaryl/α,β-unsaturated/α-hetero) is 1. The van der Waals surface area contributed by atoms with Gasteiger partial charge >= 0.3 is 180 Å². The molecule has 27 heavy (non-hydrogen) atoms. The van der Waals surface area contributed by atoms with E-state index in [4.69, 9.17) is 0 Å². The number of nitrogens with zero attached hydrogens (tertiary/aromatic N) is 2. The average molecular weight is 495 g/mol. The van der Waals surface area contributed by atoms with Gasteiger partial charge in [-0.05, 0) is 0 Å². The first-order chi connectivity index (χ1) is 13.0. The Morgan fingerprint density at radius 3 is 2.15 bits per heavy atom. The molecule has 0 fully saturated rings. The Balaban J connectivity index is 2.30. The predicted octanol–water partition coefficient (Wildman–Crippen LogP) is 6.29. The van der Waals surface area contributed by atoms with Crippen LogP contribution in [0.25, 0.3) is 4.83 Å². The summed E-state index contributed by atoms with van der Waals surface area (Å²) in [5, 5.41) is 0. The molecule has 0 N–H and O–H groups in total. The van der Waals surface area contributed by atoms with Gasteiger partial charge in [-0.3, -0.25) is 0 Å². The molecule has 2 aromatic rings. The number of carbonyl (C=O) groups excluding carboxylic acids is 1. The predicted molar refractivity (Wildman–Crippen MR) is 119 cm³/mol. The number of unbranched alkanes of at least 4 members (excludes halogenated alkanes) is 3. The summed E-state index contributed by atoms with van der Waals surface area (Å²) in [6.45, 7) is 10.9. The minimum atomic E-state index is -0.742. The number of rotatable bonds is 13. The molecule has 0 spiro atoms. The van der Waals surface area contributed by atoms with E-state index in [9.17, 15) is 4.79 Å². The summed E-state index contributed by atoms with van der Waals surface area (Å²) in [4.78, 5) is 18.0. The number of imidazole rings is 1. The third-order valence-corrected chi connectivity index (χ3v) is 12.6. The zero-order chi connectivity index (χ0) is 19.9. The van der Waals surface area contributed by atoms with Crippen LogP contribution >= 0.6 is 11.3 Å². The fourth-order valence-electron chi connectivity index (χ4n) is 3.67. The standard InChI is InChI=1S/C13H27.C9H9N2OS.Sn/c1-4-7-10-13(11-8-5-2)12-9-6-3;1-6(2)8(12)7-9-11(5-10-7)3-4-13-9;/h4-12H2,1-3H3;3,5-6H,1-2H3;. The van der Waals surface area contributed by atoms with Crippen LogP contribution in [0.15, 0.2) is 12.5 Å². The molecule has 2 aromatic heterocycles. The second-order valence-electron chi connectivity index (χ2n) is 8.14. The monoisotopic (exact) mass is 496 g/mol. The summed E-state index contributed by atoms with van der Waals surface area (Å²) >= 11 is 1.12. The molecule has 3 nitrogen and oxygen atoms in total. The molecule has 2 heterocycles. The van der Waals surface area contributed by atoms with E-state index in [1.807, 2.05) is 31.5 Å². The third kappa shape index (κ3) is 6.06. The van der Waals surface area contributed by atoms with Crippen LogP contribution in [0.5, 0.6) is 0 Å². The van der Waals surface area contributed by atoms with Crippen LogP contribution in [0.3, 0.4) is 0 Å². The molecular formula is C22H36N2OSSn. The zero-order valence-corrected chi connectivity index (χ0v) is 21.5. The molecule has 0 bridgehead atoms. The normalized spacial score (nSPS) is 12.4. The van der Waals surface area contributed by atoms with Crippen LogP contribution in [0.4, 0.5) is 0 Å². The van der Waals surface area contributed by atoms with Gasteiger partial charge in [0.05, 0.1) is 0 Å². The van der Waals surface area contributed by atoms with Crippen LogP contribution in [0.2, 0.25) is 3.43 Å². The Morgan fingerprint density at radius 2 is 1.67 bits per heavy atom. The number of aromatic nitrogens is 2. The second kappa shape index (κ2) is 11.0. The molecule has 0 saturated heterocycles. The molecule has 5 heteroatoms. The number of hydrogen-bond donors (Lipinski definition) is 0. The maximum atomic E-state index is 12.5. The quantitative estimate of drug-likeness (QED) is 0.242. The second-order valence-corrected chi connectivity index (χ2v) is 15.5. The summed E-state index contributed by atoms with van der Waals surface area (Å²) in [5.74, 6) is 0.178. The van der Waals surface area contributed by atoms with Crippen molar-refractivity contribution in [2.45, 2.75) is 95.8 Å². The van der Waals surface area contributed by atoms with E-state index in [1.54, 1.807) is 2.89 Å². The van der Waals surface area contributed by atoms with Gasteiger partial charge in [-0.1, -0.05) is 0 Å². The van der Waals surface area contributed by atoms with Gasteiger partial charge < -0.3 is 0 Å². The minimum absolute atomic E-state index is 0.00647. The first kappa shape index (κ1) is 22.9. The van der Waals surface area contributed by atoms with Gasteiger partial charge in [0.25, 0.3) is 0 Å². The number of ketones is 1. The van der Waals surface area contributed by atoms with Crippen LogP contribution < -0.4 is 2.89 Å². The Labute approximate surface area is 179 Å². The molecule has 0 atom stereocenters. The molecule has 2 rings (SSSR count). The van der Waals surface area contributed by atoms with Crippen LogP contribution in [0, 0.1) is 5.92 Å². The SMILES string of the molecule is CCCC[C](CCCC)(CCCC)[Sn][c]1cn2cnc(C(=O)C(C)C)c2s1. The molecular weight excluding hydrogens is 459 g/mol. The van der Waals surface area contributed by atoms with Crippen molar-refractivity contribution in [3.8, 4) is 0 Å². The van der Waals surface area contributed by atoms with E-state index in [1.165, 1.54) is 57.8 Å². The maximum absolute atomic E-state index is 12.5. The van der Waals surface area contributed by atoms with Gasteiger partial charge in [0.2, 0.25) is 0 Å². The summed E-state index contributed by atoms with van der Waals surface area (Å²) in [7, 11) is 0. The topological polar surface area (TPSA) is 34.4 Å². The first-order valence-corrected chi connectivity index (χ1v) is 14.4. The molecule has 2 radical (unpaired) electrons. The number of thiazole rings is 1. The van der Waals surface area contributed by atoms with Crippen molar-refractivity contribution in [2.24, 2.45) is 5.92 Å². The Hall–Kier alpha value is -0.361. The average Bonchev–Trinajstić information content (AvgIpc) is 3.22. The number of hydrogen-bond acceptors (Lipinski definition) is 3. The first-order valence-electron chi connectivity index (χ1n) is 10.7. The van der Waals surface area contributed by atoms with Crippen molar-refractivity contribution in [1.82, 2.24) is 9.38 Å². The fraction of sp³-hybridized carbons (Fsp3) is 0.727. The van der Waals surface area contributed by atoms with E-state index in [0.717, 1.165) is 4.83 Å². The van der Waals surface area contributed by atoms with E-state index >= 15 is 0 Å². The van der Waals surface area contributed by atoms with Crippen molar-refractivity contribution in [2.75, 3.05) is 0 Å². The molecule has 0 aliphatic heterocycles. The van der Waals surface area contributed by atoms with Crippen molar-refractivity contribution >= 4 is 46.0 Å². The summed E-state index contributed by atoms with van der Waals surface area (Å²) in [6, 6.07) is 0. The number of carbonyl (C=O) groups is 1. The molecule has 0 aliphatic rings. The Bertz CT molecular complexity index is 697. The van der Waals surface area contributed by atoms with Crippen LogP contribution in [-0.4, -0.2) is 36.3 Å². The van der Waals surface area contributed by atoms with Crippen molar-refractivity contribution < 1.29 is 4.79 Å². The Morgan fingerprint density at radius 1 is 1.11 bits per heavy atom. The third-order valence-electron chi connectivity index (χ3n) is 5.38. The van der Waals surface area contributed by atoms with E-state index in [2.05, 4.69) is 36.4 Å². The molecule has 0 amide bonds. The van der Waals surface area contributed by atoms with Crippen molar-refractivity contribution in [3.05, 3.63) is 18.2 Å². The van der Waals surface area contributed by atoms with E-state index < -0.39 is 21.1 Å². The zero-order valence-electron chi connectivity index (χ0n) is 17.8.